The molecule has 1 amide bonds. The number of phenolic OH excluding ortho intramolecular Hbond substituents is 1. The van der Waals surface area contributed by atoms with Crippen molar-refractivity contribution in [2.45, 2.75) is 32.7 Å². The normalized spacial score (nSPS) is 19.4. The smallest absolute Gasteiger partial charge is 0.508 e. The van der Waals surface area contributed by atoms with Crippen LogP contribution in [-0.2, 0) is 14.3 Å². The fourth-order valence-electron chi connectivity index (χ4n) is 3.67. The van der Waals surface area contributed by atoms with Crippen molar-refractivity contribution < 1.29 is 32.6 Å². The number of carbonyl (C=O) groups excluding carboxylic acids is 2. The molecule has 0 bridgehead atoms. The predicted molar refractivity (Wildman–Crippen MR) is 126 cm³/mol. The van der Waals surface area contributed by atoms with Crippen LogP contribution in [-0.4, -0.2) is 49.1 Å². The Morgan fingerprint density at radius 2 is 2.11 bits per heavy atom. The summed E-state index contributed by atoms with van der Waals surface area (Å²) in [6.07, 6.45) is -0.0535. The molecule has 8 nitrogen and oxygen atoms in total. The van der Waals surface area contributed by atoms with E-state index in [1.165, 1.54) is 18.2 Å². The van der Waals surface area contributed by atoms with Gasteiger partial charge in [-0.15, -0.1) is 13.2 Å². The zero-order valence-electron chi connectivity index (χ0n) is 19.7. The molecular formula is C24H29F3N4O4. The lowest BCUT2D eigenvalue weighted by atomic mass is 9.93. The van der Waals surface area contributed by atoms with Crippen molar-refractivity contribution in [3.63, 3.8) is 0 Å². The highest BCUT2D eigenvalue weighted by Crippen LogP contribution is 2.33. The first-order valence-electron chi connectivity index (χ1n) is 10.8. The zero-order valence-corrected chi connectivity index (χ0v) is 19.7. The maximum atomic E-state index is 12.8. The Morgan fingerprint density at radius 3 is 2.71 bits per heavy atom. The van der Waals surface area contributed by atoms with Crippen molar-refractivity contribution in [3.05, 3.63) is 60.4 Å². The lowest BCUT2D eigenvalue weighted by Crippen LogP contribution is -2.42. The first-order valence-corrected chi connectivity index (χ1v) is 10.8. The Bertz CT molecular complexity index is 1020. The van der Waals surface area contributed by atoms with E-state index >= 15 is 0 Å². The van der Waals surface area contributed by atoms with Crippen LogP contribution in [0.3, 0.4) is 0 Å². The minimum atomic E-state index is -4.83. The molecule has 1 aromatic carbocycles. The molecule has 3 N–H and O–H groups in total. The van der Waals surface area contributed by atoms with Crippen LogP contribution in [0, 0.1) is 11.8 Å². The van der Waals surface area contributed by atoms with Gasteiger partial charge in [0.15, 0.2) is 0 Å². The Labute approximate surface area is 201 Å². The Morgan fingerprint density at radius 1 is 1.40 bits per heavy atom. The maximum Gasteiger partial charge on any atom is 0.573 e. The second-order valence-electron chi connectivity index (χ2n) is 8.01. The minimum absolute atomic E-state index is 0.0174. The van der Waals surface area contributed by atoms with E-state index in [-0.39, 0.29) is 24.0 Å². The van der Waals surface area contributed by atoms with Gasteiger partial charge >= 0.3 is 6.36 Å². The number of allylic oxidation sites excluding steroid dienone is 3. The van der Waals surface area contributed by atoms with Crippen molar-refractivity contribution in [2.75, 3.05) is 18.6 Å². The zero-order chi connectivity index (χ0) is 26.2. The molecule has 0 aromatic heterocycles. The maximum absolute atomic E-state index is 12.8. The third-order valence-corrected chi connectivity index (χ3v) is 5.29. The van der Waals surface area contributed by atoms with Crippen molar-refractivity contribution in [1.82, 2.24) is 10.6 Å². The molecule has 2 rings (SSSR count). The van der Waals surface area contributed by atoms with Crippen LogP contribution in [0.2, 0.25) is 0 Å². The Kier molecular flexibility index (Phi) is 9.64. The second kappa shape index (κ2) is 12.2. The first kappa shape index (κ1) is 27.6. The van der Waals surface area contributed by atoms with Gasteiger partial charge in [0.05, 0.1) is 17.6 Å². The summed E-state index contributed by atoms with van der Waals surface area (Å²) in [5.41, 5.74) is 1.26. The van der Waals surface area contributed by atoms with E-state index in [9.17, 15) is 27.9 Å². The summed E-state index contributed by atoms with van der Waals surface area (Å²) in [6, 6.07) is 5.95. The standard InChI is InChI=1S/C24H29F3N4O4/c1-15(7-5-8-16(2)35-24(25,26)27)21-17(3)22(29-23(34)18(11-12-32)14-28-4)30-31(21)19-9-6-10-20(33)13-19/h5-10,12-13,17-18,21,28,33H,2,11,14H2,1,3-4H3,(H,29,30,34)/b8-5-,15-7+/t17-,18-,21?/m0/s1. The van der Waals surface area contributed by atoms with Gasteiger partial charge in [-0.1, -0.05) is 31.7 Å². The number of hydrogen-bond donors (Lipinski definition) is 3. The van der Waals surface area contributed by atoms with E-state index in [2.05, 4.69) is 27.1 Å². The predicted octanol–water partition coefficient (Wildman–Crippen LogP) is 3.62. The van der Waals surface area contributed by atoms with Crippen LogP contribution in [0.15, 0.2) is 65.5 Å². The molecule has 3 atom stereocenters. The third kappa shape index (κ3) is 7.99. The molecular weight excluding hydrogens is 465 g/mol. The number of halogens is 3. The van der Waals surface area contributed by atoms with Crippen molar-refractivity contribution >= 4 is 23.7 Å². The molecule has 190 valence electrons. The summed E-state index contributed by atoms with van der Waals surface area (Å²) in [7, 11) is 1.68. The lowest BCUT2D eigenvalue weighted by molar-refractivity contribution is -0.303. The monoisotopic (exact) mass is 494 g/mol. The summed E-state index contributed by atoms with van der Waals surface area (Å²) < 4.78 is 40.7. The summed E-state index contributed by atoms with van der Waals surface area (Å²) in [5, 5.41) is 21.8. The number of rotatable bonds is 10. The first-order chi connectivity index (χ1) is 16.5. The van der Waals surface area contributed by atoms with E-state index in [1.54, 1.807) is 37.2 Å². The molecule has 35 heavy (non-hydrogen) atoms. The molecule has 1 aliphatic heterocycles. The minimum Gasteiger partial charge on any atom is -0.508 e. The molecule has 1 aliphatic rings. The number of carbonyl (C=O) groups is 2. The van der Waals surface area contributed by atoms with Gasteiger partial charge in [0.1, 0.15) is 23.6 Å². The fourth-order valence-corrected chi connectivity index (χ4v) is 3.67. The van der Waals surface area contributed by atoms with Gasteiger partial charge < -0.3 is 25.3 Å². The van der Waals surface area contributed by atoms with E-state index in [1.807, 2.05) is 6.92 Å². The number of aromatic hydroxyl groups is 1. The molecule has 0 saturated heterocycles. The van der Waals surface area contributed by atoms with Gasteiger partial charge in [-0.2, -0.15) is 5.10 Å². The second-order valence-corrected chi connectivity index (χ2v) is 8.01. The highest BCUT2D eigenvalue weighted by Gasteiger charge is 2.37. The number of phenols is 1. The number of alkyl halides is 3. The van der Waals surface area contributed by atoms with Crippen LogP contribution >= 0.6 is 0 Å². The summed E-state index contributed by atoms with van der Waals surface area (Å²) in [6.45, 7) is 7.13. The van der Waals surface area contributed by atoms with Crippen LogP contribution in [0.25, 0.3) is 0 Å². The molecule has 1 aromatic rings. The van der Waals surface area contributed by atoms with Gasteiger partial charge in [-0.3, -0.25) is 9.80 Å². The summed E-state index contributed by atoms with van der Waals surface area (Å²) >= 11 is 0. The number of anilines is 1. The average Bonchev–Trinajstić information content (AvgIpc) is 3.08. The number of aldehydes is 1. The van der Waals surface area contributed by atoms with Crippen molar-refractivity contribution in [3.8, 4) is 5.75 Å². The molecule has 0 radical (unpaired) electrons. The number of nitrogens with zero attached hydrogens (tertiary/aromatic N) is 2. The van der Waals surface area contributed by atoms with Gasteiger partial charge in [0, 0.05) is 24.9 Å². The molecule has 0 fully saturated rings. The number of nitrogens with one attached hydrogen (secondary N) is 2. The van der Waals surface area contributed by atoms with Crippen molar-refractivity contribution in [1.29, 1.82) is 0 Å². The van der Waals surface area contributed by atoms with Gasteiger partial charge in [0.25, 0.3) is 0 Å². The largest absolute Gasteiger partial charge is 0.573 e. The summed E-state index contributed by atoms with van der Waals surface area (Å²) in [4.78, 5) is 23.7. The quantitative estimate of drug-likeness (QED) is 0.261. The summed E-state index contributed by atoms with van der Waals surface area (Å²) in [5.74, 6) is -1.48. The molecule has 1 unspecified atom stereocenters. The molecule has 0 spiro atoms. The van der Waals surface area contributed by atoms with Crippen molar-refractivity contribution in [2.24, 2.45) is 16.9 Å². The third-order valence-electron chi connectivity index (χ3n) is 5.29. The average molecular weight is 495 g/mol. The van der Waals surface area contributed by atoms with Gasteiger partial charge in [0.2, 0.25) is 5.91 Å². The Balaban J connectivity index is 2.32. The van der Waals surface area contributed by atoms with Crippen LogP contribution in [0.1, 0.15) is 20.3 Å². The lowest BCUT2D eigenvalue weighted by Gasteiger charge is -2.27. The SMILES string of the molecule is C=C(/C=C\C=C(/C)C1[C@H](C)C(NC(=O)[C@@H](CC=O)CNC)=NN1c1cccc(O)c1)OC(F)(F)F. The molecule has 1 heterocycles. The highest BCUT2D eigenvalue weighted by atomic mass is 19.4. The number of benzene rings is 1. The van der Waals surface area contributed by atoms with Crippen LogP contribution < -0.4 is 15.6 Å². The van der Waals surface area contributed by atoms with Crippen LogP contribution in [0.4, 0.5) is 18.9 Å². The van der Waals surface area contributed by atoms with E-state index < -0.39 is 24.1 Å². The number of hydrogen-bond acceptors (Lipinski definition) is 7. The highest BCUT2D eigenvalue weighted by molar-refractivity contribution is 6.02. The topological polar surface area (TPSA) is 103 Å². The number of amidine groups is 1. The molecule has 0 aliphatic carbocycles. The van der Waals surface area contributed by atoms with E-state index in [4.69, 9.17) is 0 Å². The number of ether oxygens (including phenoxy) is 1. The van der Waals surface area contributed by atoms with Gasteiger partial charge in [-0.25, -0.2) is 0 Å². The molecule has 11 heteroatoms. The Hall–Kier alpha value is -3.60. The van der Waals surface area contributed by atoms with E-state index in [0.717, 1.165) is 6.08 Å². The van der Waals surface area contributed by atoms with Gasteiger partial charge in [-0.05, 0) is 37.8 Å². The number of amides is 1. The van der Waals surface area contributed by atoms with E-state index in [0.29, 0.717) is 29.9 Å². The fraction of sp³-hybridized carbons (Fsp3) is 0.375. The molecule has 0 saturated carbocycles. The number of hydrazone groups is 1. The van der Waals surface area contributed by atoms with Crippen LogP contribution in [0.5, 0.6) is 5.75 Å².